The van der Waals surface area contributed by atoms with E-state index in [-0.39, 0.29) is 35.0 Å². The topological polar surface area (TPSA) is 52.6 Å². The van der Waals surface area contributed by atoms with Crippen LogP contribution in [0.25, 0.3) is 0 Å². The zero-order chi connectivity index (χ0) is 21.0. The van der Waals surface area contributed by atoms with Crippen molar-refractivity contribution in [1.29, 1.82) is 0 Å². The third-order valence-corrected chi connectivity index (χ3v) is 9.46. The first-order valence-electron chi connectivity index (χ1n) is 11.7. The number of ether oxygens (including phenoxy) is 2. The van der Waals surface area contributed by atoms with Gasteiger partial charge in [-0.05, 0) is 86.9 Å². The van der Waals surface area contributed by atoms with Crippen LogP contribution in [-0.2, 0) is 19.1 Å². The van der Waals surface area contributed by atoms with Crippen molar-refractivity contribution in [2.24, 2.45) is 34.5 Å². The number of carbonyl (C=O) groups is 2. The summed E-state index contributed by atoms with van der Waals surface area (Å²) in [5, 5.41) is 0. The quantitative estimate of drug-likeness (QED) is 0.455. The molecular formula is C25H38O4. The molecule has 0 aromatic rings. The molecule has 4 rings (SSSR count). The van der Waals surface area contributed by atoms with Gasteiger partial charge >= 0.3 is 11.9 Å². The Balaban J connectivity index is 1.66. The molecule has 0 aromatic heterocycles. The first-order chi connectivity index (χ1) is 13.7. The Hall–Kier alpha value is -1.32. The van der Waals surface area contributed by atoms with E-state index in [0.717, 1.165) is 25.7 Å². The van der Waals surface area contributed by atoms with Gasteiger partial charge in [0, 0.05) is 19.8 Å². The number of fused-ring (bicyclic) bond motifs is 5. The van der Waals surface area contributed by atoms with Gasteiger partial charge in [0.1, 0.15) is 12.2 Å². The van der Waals surface area contributed by atoms with Crippen LogP contribution in [0.2, 0.25) is 0 Å². The monoisotopic (exact) mass is 402 g/mol. The molecule has 4 nitrogen and oxygen atoms in total. The molecule has 162 valence electrons. The second-order valence-electron chi connectivity index (χ2n) is 10.7. The van der Waals surface area contributed by atoms with Gasteiger partial charge in [0.25, 0.3) is 0 Å². The second-order valence-corrected chi connectivity index (χ2v) is 10.7. The predicted molar refractivity (Wildman–Crippen MR) is 112 cm³/mol. The van der Waals surface area contributed by atoms with Gasteiger partial charge < -0.3 is 9.47 Å². The molecule has 0 radical (unpaired) electrons. The summed E-state index contributed by atoms with van der Waals surface area (Å²) in [6.45, 7) is 10.2. The number of rotatable bonds is 2. The smallest absolute Gasteiger partial charge is 0.302 e. The van der Waals surface area contributed by atoms with E-state index in [2.05, 4.69) is 26.8 Å². The lowest BCUT2D eigenvalue weighted by atomic mass is 9.44. The van der Waals surface area contributed by atoms with Crippen molar-refractivity contribution >= 4 is 11.9 Å². The zero-order valence-corrected chi connectivity index (χ0v) is 18.8. The van der Waals surface area contributed by atoms with Crippen LogP contribution in [0.1, 0.15) is 86.0 Å². The Bertz CT molecular complexity index is 712. The summed E-state index contributed by atoms with van der Waals surface area (Å²) in [7, 11) is 0. The number of esters is 2. The fourth-order valence-corrected chi connectivity index (χ4v) is 8.16. The highest BCUT2D eigenvalue weighted by atomic mass is 16.5. The van der Waals surface area contributed by atoms with E-state index in [1.807, 2.05) is 0 Å². The first-order valence-corrected chi connectivity index (χ1v) is 11.7. The molecule has 0 saturated heterocycles. The SMILES string of the molecule is C/C=C1/CC[C@H]2[C@@H]3[C@H](OC(C)=O)C[C@@H]4C[C@H](OC(C)=O)CC[C@]4(C)[C@H]3CC[C@]12C. The molecule has 4 fully saturated rings. The van der Waals surface area contributed by atoms with Gasteiger partial charge in [-0.3, -0.25) is 9.59 Å². The molecule has 0 amide bonds. The first kappa shape index (κ1) is 20.9. The van der Waals surface area contributed by atoms with Crippen LogP contribution in [0.3, 0.4) is 0 Å². The molecule has 0 unspecified atom stereocenters. The lowest BCUT2D eigenvalue weighted by molar-refractivity contribution is -0.192. The van der Waals surface area contributed by atoms with Crippen LogP contribution in [0.15, 0.2) is 11.6 Å². The highest BCUT2D eigenvalue weighted by Crippen LogP contribution is 2.67. The van der Waals surface area contributed by atoms with Crippen molar-refractivity contribution < 1.29 is 19.1 Å². The molecule has 0 heterocycles. The summed E-state index contributed by atoms with van der Waals surface area (Å²) >= 11 is 0. The van der Waals surface area contributed by atoms with Crippen LogP contribution in [0.4, 0.5) is 0 Å². The minimum absolute atomic E-state index is 0.00693. The maximum Gasteiger partial charge on any atom is 0.302 e. The summed E-state index contributed by atoms with van der Waals surface area (Å²) < 4.78 is 11.6. The van der Waals surface area contributed by atoms with Gasteiger partial charge in [0.05, 0.1) is 0 Å². The lowest BCUT2D eigenvalue weighted by Crippen LogP contribution is -2.59. The Morgan fingerprint density at radius 1 is 0.966 bits per heavy atom. The molecule has 0 aliphatic heterocycles. The highest BCUT2D eigenvalue weighted by Gasteiger charge is 2.62. The van der Waals surface area contributed by atoms with Crippen LogP contribution >= 0.6 is 0 Å². The van der Waals surface area contributed by atoms with Gasteiger partial charge in [0.2, 0.25) is 0 Å². The maximum absolute atomic E-state index is 12.0. The Kier molecular flexibility index (Phi) is 5.36. The van der Waals surface area contributed by atoms with Crippen LogP contribution in [-0.4, -0.2) is 24.1 Å². The fourth-order valence-electron chi connectivity index (χ4n) is 8.16. The molecular weight excluding hydrogens is 364 g/mol. The fraction of sp³-hybridized carbons (Fsp3) is 0.840. The van der Waals surface area contributed by atoms with E-state index >= 15 is 0 Å². The number of hydrogen-bond donors (Lipinski definition) is 0. The molecule has 0 bridgehead atoms. The van der Waals surface area contributed by atoms with Crippen LogP contribution in [0, 0.1) is 34.5 Å². The van der Waals surface area contributed by atoms with Gasteiger partial charge in [-0.25, -0.2) is 0 Å². The van der Waals surface area contributed by atoms with Crippen molar-refractivity contribution in [2.75, 3.05) is 0 Å². The van der Waals surface area contributed by atoms with Gasteiger partial charge in [-0.15, -0.1) is 0 Å². The number of hydrogen-bond acceptors (Lipinski definition) is 4. The Morgan fingerprint density at radius 3 is 2.34 bits per heavy atom. The molecule has 29 heavy (non-hydrogen) atoms. The summed E-state index contributed by atoms with van der Waals surface area (Å²) in [6.07, 6.45) is 11.2. The van der Waals surface area contributed by atoms with Gasteiger partial charge in [-0.2, -0.15) is 0 Å². The average molecular weight is 403 g/mol. The number of allylic oxidation sites excluding steroid dienone is 2. The molecule has 8 atom stereocenters. The van der Waals surface area contributed by atoms with Crippen LogP contribution < -0.4 is 0 Å². The van der Waals surface area contributed by atoms with E-state index < -0.39 is 0 Å². The second kappa shape index (κ2) is 7.42. The number of carbonyl (C=O) groups excluding carboxylic acids is 2. The molecule has 0 aromatic carbocycles. The van der Waals surface area contributed by atoms with Crippen molar-refractivity contribution in [3.05, 3.63) is 11.6 Å². The average Bonchev–Trinajstić information content (AvgIpc) is 2.98. The van der Waals surface area contributed by atoms with E-state index in [4.69, 9.17) is 9.47 Å². The molecule has 4 aliphatic carbocycles. The van der Waals surface area contributed by atoms with E-state index in [9.17, 15) is 9.59 Å². The molecule has 4 heteroatoms. The molecule has 0 spiro atoms. The van der Waals surface area contributed by atoms with Crippen molar-refractivity contribution in [2.45, 2.75) is 98.2 Å². The van der Waals surface area contributed by atoms with E-state index in [0.29, 0.717) is 23.7 Å². The zero-order valence-electron chi connectivity index (χ0n) is 18.8. The minimum atomic E-state index is -0.179. The van der Waals surface area contributed by atoms with Crippen molar-refractivity contribution in [3.63, 3.8) is 0 Å². The van der Waals surface area contributed by atoms with E-state index in [1.165, 1.54) is 32.6 Å². The Labute approximate surface area is 175 Å². The lowest BCUT2D eigenvalue weighted by Gasteiger charge is -2.62. The molecule has 4 saturated carbocycles. The largest absolute Gasteiger partial charge is 0.463 e. The normalized spacial score (nSPS) is 47.7. The van der Waals surface area contributed by atoms with Gasteiger partial charge in [-0.1, -0.05) is 25.5 Å². The Morgan fingerprint density at radius 2 is 1.69 bits per heavy atom. The van der Waals surface area contributed by atoms with Gasteiger partial charge in [0.15, 0.2) is 0 Å². The molecule has 0 N–H and O–H groups in total. The summed E-state index contributed by atoms with van der Waals surface area (Å²) in [5.41, 5.74) is 2.15. The minimum Gasteiger partial charge on any atom is -0.463 e. The standard InChI is InChI=1S/C25H38O4/c1-6-17-7-8-20-23-21(10-12-24(17,20)4)25(5)11-9-19(28-15(2)26)13-18(25)14-22(23)29-16(3)27/h6,18-23H,7-14H2,1-5H3/b17-6-/t18-,19+,20-,21-,22+,23-,24+,25-/m0/s1. The maximum atomic E-state index is 12.0. The van der Waals surface area contributed by atoms with Crippen molar-refractivity contribution in [3.8, 4) is 0 Å². The summed E-state index contributed by atoms with van der Waals surface area (Å²) in [5.74, 6) is 1.79. The summed E-state index contributed by atoms with van der Waals surface area (Å²) in [4.78, 5) is 23.5. The highest BCUT2D eigenvalue weighted by molar-refractivity contribution is 5.66. The van der Waals surface area contributed by atoms with Crippen molar-refractivity contribution in [1.82, 2.24) is 0 Å². The third kappa shape index (κ3) is 3.35. The van der Waals surface area contributed by atoms with E-state index in [1.54, 1.807) is 12.5 Å². The summed E-state index contributed by atoms with van der Waals surface area (Å²) in [6, 6.07) is 0. The third-order valence-electron chi connectivity index (χ3n) is 9.46. The predicted octanol–water partition coefficient (Wildman–Crippen LogP) is 5.45. The van der Waals surface area contributed by atoms with Crippen LogP contribution in [0.5, 0.6) is 0 Å². The molecule has 4 aliphatic rings.